The summed E-state index contributed by atoms with van der Waals surface area (Å²) < 4.78 is 0. The van der Waals surface area contributed by atoms with Crippen LogP contribution in [0.1, 0.15) is 44.2 Å². The maximum absolute atomic E-state index is 13.1. The van der Waals surface area contributed by atoms with Crippen LogP contribution in [-0.2, 0) is 14.4 Å². The minimum absolute atomic E-state index is 0.0257. The van der Waals surface area contributed by atoms with Gasteiger partial charge in [-0.15, -0.1) is 0 Å². The fourth-order valence-corrected chi connectivity index (χ4v) is 4.39. The second-order valence-corrected chi connectivity index (χ2v) is 8.31. The Morgan fingerprint density at radius 1 is 0.929 bits per heavy atom. The third kappa shape index (κ3) is 3.91. The van der Waals surface area contributed by atoms with Gasteiger partial charge >= 0.3 is 0 Å². The fraction of sp³-hybridized carbons (Fsp3) is 0.591. The van der Waals surface area contributed by atoms with E-state index in [-0.39, 0.29) is 42.0 Å². The summed E-state index contributed by atoms with van der Waals surface area (Å²) in [4.78, 5) is 43.6. The van der Waals surface area contributed by atoms with Gasteiger partial charge in [0.05, 0.1) is 12.0 Å². The summed E-state index contributed by atoms with van der Waals surface area (Å²) in [6, 6.07) is 9.93. The highest BCUT2D eigenvalue weighted by molar-refractivity contribution is 5.89. The van der Waals surface area contributed by atoms with Crippen LogP contribution < -0.4 is 0 Å². The van der Waals surface area contributed by atoms with E-state index in [1.807, 2.05) is 52.0 Å². The van der Waals surface area contributed by atoms with Gasteiger partial charge < -0.3 is 14.7 Å². The monoisotopic (exact) mass is 383 g/mol. The molecule has 2 heterocycles. The number of benzene rings is 1. The molecule has 1 aliphatic carbocycles. The van der Waals surface area contributed by atoms with Gasteiger partial charge in [-0.05, 0) is 31.7 Å². The molecule has 2 atom stereocenters. The Morgan fingerprint density at radius 2 is 1.54 bits per heavy atom. The number of rotatable bonds is 4. The molecule has 2 aliphatic heterocycles. The van der Waals surface area contributed by atoms with Crippen LogP contribution in [0.15, 0.2) is 30.3 Å². The van der Waals surface area contributed by atoms with Crippen LogP contribution in [0.2, 0.25) is 0 Å². The molecule has 6 nitrogen and oxygen atoms in total. The summed E-state index contributed by atoms with van der Waals surface area (Å²) in [6.45, 7) is 5.11. The molecule has 28 heavy (non-hydrogen) atoms. The zero-order valence-corrected chi connectivity index (χ0v) is 16.5. The third-order valence-corrected chi connectivity index (χ3v) is 6.30. The van der Waals surface area contributed by atoms with Gasteiger partial charge in [-0.3, -0.25) is 14.4 Å². The number of carbonyl (C=O) groups excluding carboxylic acids is 3. The van der Waals surface area contributed by atoms with Gasteiger partial charge in [-0.1, -0.05) is 30.3 Å². The quantitative estimate of drug-likeness (QED) is 0.800. The second-order valence-electron chi connectivity index (χ2n) is 8.31. The van der Waals surface area contributed by atoms with Crippen molar-refractivity contribution in [3.05, 3.63) is 35.9 Å². The summed E-state index contributed by atoms with van der Waals surface area (Å²) in [6.07, 6.45) is 3.13. The van der Waals surface area contributed by atoms with Crippen molar-refractivity contribution in [3.63, 3.8) is 0 Å². The molecular formula is C22H29N3O3. The summed E-state index contributed by atoms with van der Waals surface area (Å²) in [5, 5.41) is 0. The van der Waals surface area contributed by atoms with E-state index >= 15 is 0 Å². The molecule has 1 aromatic rings. The van der Waals surface area contributed by atoms with E-state index in [0.717, 1.165) is 31.4 Å². The van der Waals surface area contributed by atoms with E-state index in [9.17, 15) is 14.4 Å². The number of nitrogens with zero attached hydrogens (tertiary/aromatic N) is 3. The minimum atomic E-state index is -0.274. The van der Waals surface area contributed by atoms with Crippen LogP contribution in [0.25, 0.3) is 0 Å². The Balaban J connectivity index is 1.36. The summed E-state index contributed by atoms with van der Waals surface area (Å²) in [5.41, 5.74) is 1.09. The summed E-state index contributed by atoms with van der Waals surface area (Å²) in [5.74, 6) is 0.326. The van der Waals surface area contributed by atoms with Gasteiger partial charge in [0.1, 0.15) is 0 Å². The standard InChI is InChI=1S/C22H29N3O3/c1-16(17-6-3-2-4-7-17)25-15-19(14-20(25)26)22(28)24-11-5-10-23(12-13-24)21(27)18-8-9-18/h2-4,6-7,16,18-19H,5,8-15H2,1H3. The van der Waals surface area contributed by atoms with Crippen LogP contribution in [0.5, 0.6) is 0 Å². The van der Waals surface area contributed by atoms with Crippen molar-refractivity contribution in [1.82, 2.24) is 14.7 Å². The van der Waals surface area contributed by atoms with Gasteiger partial charge in [-0.25, -0.2) is 0 Å². The van der Waals surface area contributed by atoms with Crippen molar-refractivity contribution >= 4 is 17.7 Å². The van der Waals surface area contributed by atoms with Crippen LogP contribution in [-0.4, -0.2) is 65.1 Å². The molecule has 1 aromatic carbocycles. The van der Waals surface area contributed by atoms with Crippen LogP contribution in [0.4, 0.5) is 0 Å². The molecule has 150 valence electrons. The van der Waals surface area contributed by atoms with E-state index in [2.05, 4.69) is 0 Å². The highest BCUT2D eigenvalue weighted by Crippen LogP contribution is 2.32. The smallest absolute Gasteiger partial charge is 0.228 e. The fourth-order valence-electron chi connectivity index (χ4n) is 4.39. The zero-order chi connectivity index (χ0) is 19.7. The van der Waals surface area contributed by atoms with Gasteiger partial charge in [0, 0.05) is 45.1 Å². The second kappa shape index (κ2) is 7.94. The van der Waals surface area contributed by atoms with Gasteiger partial charge in [-0.2, -0.15) is 0 Å². The molecule has 0 aromatic heterocycles. The minimum Gasteiger partial charge on any atom is -0.341 e. The highest BCUT2D eigenvalue weighted by atomic mass is 16.2. The van der Waals surface area contributed by atoms with Crippen molar-refractivity contribution in [3.8, 4) is 0 Å². The first-order valence-electron chi connectivity index (χ1n) is 10.5. The molecule has 0 spiro atoms. The van der Waals surface area contributed by atoms with Crippen LogP contribution in [0, 0.1) is 11.8 Å². The van der Waals surface area contributed by atoms with E-state index in [1.54, 1.807) is 0 Å². The molecule has 1 saturated carbocycles. The molecule has 6 heteroatoms. The molecule has 0 radical (unpaired) electrons. The maximum Gasteiger partial charge on any atom is 0.228 e. The molecule has 0 N–H and O–H groups in total. The molecule has 0 bridgehead atoms. The van der Waals surface area contributed by atoms with Crippen molar-refractivity contribution in [2.24, 2.45) is 11.8 Å². The lowest BCUT2D eigenvalue weighted by Gasteiger charge is -2.27. The van der Waals surface area contributed by atoms with Gasteiger partial charge in [0.2, 0.25) is 17.7 Å². The topological polar surface area (TPSA) is 60.9 Å². The van der Waals surface area contributed by atoms with E-state index < -0.39 is 0 Å². The van der Waals surface area contributed by atoms with Crippen molar-refractivity contribution < 1.29 is 14.4 Å². The van der Waals surface area contributed by atoms with Crippen molar-refractivity contribution in [1.29, 1.82) is 0 Å². The van der Waals surface area contributed by atoms with Crippen molar-refractivity contribution in [2.45, 2.75) is 38.6 Å². The Hall–Kier alpha value is -2.37. The lowest BCUT2D eigenvalue weighted by molar-refractivity contribution is -0.136. The van der Waals surface area contributed by atoms with E-state index in [4.69, 9.17) is 0 Å². The molecule has 3 aliphatic rings. The SMILES string of the molecule is CC(c1ccccc1)N1CC(C(=O)N2CCCN(C(=O)C3CC3)CC2)CC1=O. The predicted octanol–water partition coefficient (Wildman–Crippen LogP) is 2.07. The number of hydrogen-bond donors (Lipinski definition) is 0. The summed E-state index contributed by atoms with van der Waals surface area (Å²) in [7, 11) is 0. The predicted molar refractivity (Wildman–Crippen MR) is 105 cm³/mol. The number of hydrogen-bond acceptors (Lipinski definition) is 3. The molecular weight excluding hydrogens is 354 g/mol. The molecule has 3 fully saturated rings. The maximum atomic E-state index is 13.1. The zero-order valence-electron chi connectivity index (χ0n) is 16.5. The van der Waals surface area contributed by atoms with E-state index in [1.165, 1.54) is 0 Å². The average molecular weight is 383 g/mol. The highest BCUT2D eigenvalue weighted by Gasteiger charge is 2.40. The molecule has 4 rings (SSSR count). The Bertz CT molecular complexity index is 747. The van der Waals surface area contributed by atoms with Crippen molar-refractivity contribution in [2.75, 3.05) is 32.7 Å². The first kappa shape index (κ1) is 19.0. The third-order valence-electron chi connectivity index (χ3n) is 6.30. The largest absolute Gasteiger partial charge is 0.341 e. The average Bonchev–Trinajstić information content (AvgIpc) is 3.52. The normalized spacial score (nSPS) is 24.2. The first-order valence-corrected chi connectivity index (χ1v) is 10.5. The molecule has 2 saturated heterocycles. The van der Waals surface area contributed by atoms with E-state index in [0.29, 0.717) is 26.2 Å². The lowest BCUT2D eigenvalue weighted by atomic mass is 10.1. The molecule has 2 unspecified atom stereocenters. The van der Waals surface area contributed by atoms with Gasteiger partial charge in [0.25, 0.3) is 0 Å². The molecule has 3 amide bonds. The Morgan fingerprint density at radius 3 is 2.14 bits per heavy atom. The number of carbonyl (C=O) groups is 3. The van der Waals surface area contributed by atoms with Crippen LogP contribution in [0.3, 0.4) is 0 Å². The first-order chi connectivity index (χ1) is 13.5. The summed E-state index contributed by atoms with van der Waals surface area (Å²) >= 11 is 0. The van der Waals surface area contributed by atoms with Crippen LogP contribution >= 0.6 is 0 Å². The Labute approximate surface area is 166 Å². The van der Waals surface area contributed by atoms with Gasteiger partial charge in [0.15, 0.2) is 0 Å². The lowest BCUT2D eigenvalue weighted by Crippen LogP contribution is -2.41. The number of likely N-dealkylation sites (tertiary alicyclic amines) is 1. The Kier molecular flexibility index (Phi) is 5.38. The number of amides is 3.